The lowest BCUT2D eigenvalue weighted by Gasteiger charge is -2.38. The van der Waals surface area contributed by atoms with Crippen LogP contribution in [-0.4, -0.2) is 22.7 Å². The van der Waals surface area contributed by atoms with Gasteiger partial charge in [0.2, 0.25) is 5.91 Å². The Labute approximate surface area is 242 Å². The summed E-state index contributed by atoms with van der Waals surface area (Å²) in [4.78, 5) is 32.0. The third-order valence-electron chi connectivity index (χ3n) is 5.83. The number of phenols is 1. The summed E-state index contributed by atoms with van der Waals surface area (Å²) in [7, 11) is 0. The molecule has 0 fully saturated rings. The van der Waals surface area contributed by atoms with Crippen LogP contribution in [0.1, 0.15) is 42.1 Å². The molecule has 4 rings (SSSR count). The van der Waals surface area contributed by atoms with Crippen molar-refractivity contribution in [2.45, 2.75) is 33.7 Å². The fraction of sp³-hybridized carbons (Fsp3) is 0.192. The summed E-state index contributed by atoms with van der Waals surface area (Å²) in [6, 6.07) is 10.0. The van der Waals surface area contributed by atoms with Crippen LogP contribution in [0.25, 0.3) is 0 Å². The van der Waals surface area contributed by atoms with Crippen molar-refractivity contribution in [3.8, 4) is 11.5 Å². The number of fused-ring (bicyclic) bond motifs is 1. The van der Waals surface area contributed by atoms with E-state index in [1.54, 1.807) is 29.2 Å². The van der Waals surface area contributed by atoms with Crippen molar-refractivity contribution in [1.29, 1.82) is 0 Å². The number of ether oxygens (including phenoxy) is 1. The van der Waals surface area contributed by atoms with Crippen LogP contribution in [0.2, 0.25) is 0 Å². The molecule has 1 heterocycles. The van der Waals surface area contributed by atoms with Gasteiger partial charge in [0, 0.05) is 33.9 Å². The first-order valence-electron chi connectivity index (χ1n) is 10.7. The third-order valence-corrected chi connectivity index (χ3v) is 7.94. The number of amides is 1. The van der Waals surface area contributed by atoms with Crippen molar-refractivity contribution < 1.29 is 19.4 Å². The Bertz CT molecular complexity index is 1470. The number of benzene rings is 3. The maximum Gasteiger partial charge on any atom is 0.308 e. The minimum absolute atomic E-state index is 0.0270. The van der Waals surface area contributed by atoms with Gasteiger partial charge in [0.25, 0.3) is 0 Å². The summed E-state index contributed by atoms with van der Waals surface area (Å²) in [5, 5.41) is 11.1. The van der Waals surface area contributed by atoms with E-state index in [1.165, 1.54) is 13.8 Å². The zero-order valence-corrected chi connectivity index (χ0v) is 26.0. The number of anilines is 1. The number of rotatable bonds is 3. The van der Waals surface area contributed by atoms with Crippen LogP contribution in [-0.2, 0) is 9.59 Å². The van der Waals surface area contributed by atoms with E-state index in [4.69, 9.17) is 9.73 Å². The normalized spacial score (nSPS) is 14.8. The molecule has 1 aliphatic rings. The van der Waals surface area contributed by atoms with Crippen LogP contribution in [0.4, 0.5) is 11.4 Å². The van der Waals surface area contributed by atoms with Crippen LogP contribution in [0.15, 0.2) is 59.3 Å². The first kappa shape index (κ1) is 27.0. The molecular weight excluding hydrogens is 724 g/mol. The van der Waals surface area contributed by atoms with E-state index >= 15 is 0 Å². The highest BCUT2D eigenvalue weighted by atomic mass is 79.9. The molecule has 1 N–H and O–H groups in total. The highest BCUT2D eigenvalue weighted by molar-refractivity contribution is 9.11. The van der Waals surface area contributed by atoms with Gasteiger partial charge in [-0.05, 0) is 93.2 Å². The molecule has 1 aliphatic heterocycles. The van der Waals surface area contributed by atoms with Gasteiger partial charge in [-0.1, -0.05) is 31.9 Å². The predicted octanol–water partition coefficient (Wildman–Crippen LogP) is 8.21. The predicted molar refractivity (Wildman–Crippen MR) is 155 cm³/mol. The molecule has 10 heteroatoms. The Balaban J connectivity index is 2.15. The van der Waals surface area contributed by atoms with Gasteiger partial charge in [-0.2, -0.15) is 0 Å². The number of hydrogen-bond donors (Lipinski definition) is 1. The first-order chi connectivity index (χ1) is 16.9. The average Bonchev–Trinajstić information content (AvgIpc) is 2.77. The summed E-state index contributed by atoms with van der Waals surface area (Å²) in [5.74, 6) is -0.519. The quantitative estimate of drug-likeness (QED) is 0.217. The Morgan fingerprint density at radius 3 is 2.17 bits per heavy atom. The van der Waals surface area contributed by atoms with Crippen molar-refractivity contribution in [2.75, 3.05) is 4.90 Å². The van der Waals surface area contributed by atoms with E-state index in [9.17, 15) is 14.7 Å². The van der Waals surface area contributed by atoms with Crippen molar-refractivity contribution >= 4 is 92.7 Å². The van der Waals surface area contributed by atoms with Gasteiger partial charge >= 0.3 is 5.97 Å². The summed E-state index contributed by atoms with van der Waals surface area (Å²) >= 11 is 13.9. The second-order valence-electron chi connectivity index (χ2n) is 8.40. The SMILES string of the molecule is CC(=O)Oc1c(Br)cc(Br)cc1C1C(c2cc(Br)cc(Br)c2O)=Nc2cc(C)c(C)cc2N1C(C)=O. The molecule has 0 spiro atoms. The van der Waals surface area contributed by atoms with E-state index in [0.29, 0.717) is 46.1 Å². The molecule has 3 aromatic rings. The van der Waals surface area contributed by atoms with Gasteiger partial charge in [0.15, 0.2) is 5.75 Å². The number of carbonyl (C=O) groups excluding carboxylic acids is 2. The molecule has 6 nitrogen and oxygen atoms in total. The number of nitrogens with zero attached hydrogens (tertiary/aromatic N) is 2. The van der Waals surface area contributed by atoms with Gasteiger partial charge in [0.1, 0.15) is 11.8 Å². The second kappa shape index (κ2) is 10.4. The molecule has 0 radical (unpaired) electrons. The Morgan fingerprint density at radius 2 is 1.53 bits per heavy atom. The lowest BCUT2D eigenvalue weighted by molar-refractivity contribution is -0.132. The number of aromatic hydroxyl groups is 1. The fourth-order valence-corrected chi connectivity index (χ4v) is 6.73. The maximum atomic E-state index is 13.3. The van der Waals surface area contributed by atoms with Crippen molar-refractivity contribution in [3.63, 3.8) is 0 Å². The van der Waals surface area contributed by atoms with Crippen LogP contribution in [0, 0.1) is 13.8 Å². The highest BCUT2D eigenvalue weighted by Crippen LogP contribution is 2.49. The molecule has 1 amide bonds. The summed E-state index contributed by atoms with van der Waals surface area (Å²) in [6.45, 7) is 6.74. The molecule has 0 aliphatic carbocycles. The number of carbonyl (C=O) groups is 2. The second-order valence-corrected chi connectivity index (χ2v) is 11.9. The van der Waals surface area contributed by atoms with E-state index in [1.807, 2.05) is 26.0 Å². The molecule has 36 heavy (non-hydrogen) atoms. The Morgan fingerprint density at radius 1 is 0.917 bits per heavy atom. The van der Waals surface area contributed by atoms with Crippen molar-refractivity contribution in [3.05, 3.63) is 76.5 Å². The van der Waals surface area contributed by atoms with Gasteiger partial charge in [-0.25, -0.2) is 4.99 Å². The monoisotopic (exact) mass is 740 g/mol. The smallest absolute Gasteiger partial charge is 0.308 e. The number of aryl methyl sites for hydroxylation is 2. The topological polar surface area (TPSA) is 79.2 Å². The van der Waals surface area contributed by atoms with Crippen LogP contribution in [0.5, 0.6) is 11.5 Å². The van der Waals surface area contributed by atoms with Crippen molar-refractivity contribution in [2.24, 2.45) is 4.99 Å². The zero-order valence-electron chi connectivity index (χ0n) is 19.6. The Kier molecular flexibility index (Phi) is 7.81. The number of halogens is 4. The molecule has 186 valence electrons. The molecule has 0 saturated carbocycles. The maximum absolute atomic E-state index is 13.3. The van der Waals surface area contributed by atoms with Gasteiger partial charge in [-0.15, -0.1) is 0 Å². The van der Waals surface area contributed by atoms with E-state index in [0.717, 1.165) is 11.1 Å². The van der Waals surface area contributed by atoms with E-state index in [2.05, 4.69) is 63.7 Å². The van der Waals surface area contributed by atoms with E-state index in [-0.39, 0.29) is 17.4 Å². The minimum Gasteiger partial charge on any atom is -0.506 e. The van der Waals surface area contributed by atoms with Crippen LogP contribution < -0.4 is 9.64 Å². The zero-order chi connectivity index (χ0) is 26.5. The molecule has 0 aromatic heterocycles. The molecular formula is C26H20Br4N2O4. The molecule has 0 saturated heterocycles. The standard InChI is InChI=1S/C26H20Br4N2O4/c1-11-5-21-22(6-12(11)2)32(13(3)33)24(18-8-16(28)10-20(30)26(18)36-14(4)34)23(31-21)17-7-15(27)9-19(29)25(17)35/h5-10,24,35H,1-4H3. The lowest BCUT2D eigenvalue weighted by atomic mass is 9.90. The summed E-state index contributed by atoms with van der Waals surface area (Å²) < 4.78 is 8.02. The molecule has 1 unspecified atom stereocenters. The fourth-order valence-electron chi connectivity index (χ4n) is 4.16. The van der Waals surface area contributed by atoms with Gasteiger partial charge in [0.05, 0.1) is 26.0 Å². The van der Waals surface area contributed by atoms with Gasteiger partial charge < -0.3 is 9.84 Å². The summed E-state index contributed by atoms with van der Waals surface area (Å²) in [6.07, 6.45) is 0. The van der Waals surface area contributed by atoms with Crippen molar-refractivity contribution in [1.82, 2.24) is 0 Å². The van der Waals surface area contributed by atoms with E-state index < -0.39 is 12.0 Å². The molecule has 3 aromatic carbocycles. The van der Waals surface area contributed by atoms with Crippen LogP contribution >= 0.6 is 63.7 Å². The first-order valence-corrected chi connectivity index (χ1v) is 13.9. The average molecular weight is 744 g/mol. The number of esters is 1. The molecule has 1 atom stereocenters. The number of phenolic OH excluding ortho intramolecular Hbond substituents is 1. The summed E-state index contributed by atoms with van der Waals surface area (Å²) in [5.41, 5.74) is 4.58. The third kappa shape index (κ3) is 5.05. The highest BCUT2D eigenvalue weighted by Gasteiger charge is 2.39. The largest absolute Gasteiger partial charge is 0.506 e. The lowest BCUT2D eigenvalue weighted by Crippen LogP contribution is -2.40. The van der Waals surface area contributed by atoms with Gasteiger partial charge in [-0.3, -0.25) is 14.5 Å². The number of hydrogen-bond acceptors (Lipinski definition) is 5. The molecule has 0 bridgehead atoms. The minimum atomic E-state index is -0.827. The number of aliphatic imine (C=N–C) groups is 1. The van der Waals surface area contributed by atoms with Crippen LogP contribution in [0.3, 0.4) is 0 Å². The Hall–Kier alpha value is -2.01.